The largest absolute Gasteiger partial charge is 0.497 e. The second-order valence-electron chi connectivity index (χ2n) is 5.34. The second kappa shape index (κ2) is 4.51. The molecule has 2 heterocycles. The van der Waals surface area contributed by atoms with Gasteiger partial charge in [-0.1, -0.05) is 0 Å². The third-order valence-electron chi connectivity index (χ3n) is 4.16. The van der Waals surface area contributed by atoms with E-state index in [1.54, 1.807) is 23.8 Å². The molecular formula is C15H17FN2O2. The van der Waals surface area contributed by atoms with E-state index in [4.69, 9.17) is 10.5 Å². The number of primary amides is 1. The molecule has 0 radical (unpaired) electrons. The van der Waals surface area contributed by atoms with E-state index < -0.39 is 12.1 Å². The van der Waals surface area contributed by atoms with Crippen molar-refractivity contribution < 1.29 is 13.9 Å². The maximum atomic E-state index is 13.2. The molecule has 5 heteroatoms. The third-order valence-corrected chi connectivity index (χ3v) is 4.16. The molecule has 2 aromatic rings. The monoisotopic (exact) mass is 276 g/mol. The van der Waals surface area contributed by atoms with Gasteiger partial charge in [-0.25, -0.2) is 4.39 Å². The fourth-order valence-corrected chi connectivity index (χ4v) is 3.11. The number of nitrogens with two attached hydrogens (primary N) is 1. The molecular weight excluding hydrogens is 259 g/mol. The van der Waals surface area contributed by atoms with Crippen LogP contribution in [0.1, 0.15) is 40.4 Å². The summed E-state index contributed by atoms with van der Waals surface area (Å²) in [6.07, 6.45) is 2.05. The highest BCUT2D eigenvalue weighted by molar-refractivity contribution is 5.95. The maximum Gasteiger partial charge on any atom is 0.265 e. The molecule has 1 aliphatic rings. The number of methoxy groups -OCH3 is 1. The molecule has 1 aliphatic carbocycles. The minimum absolute atomic E-state index is 0.153. The van der Waals surface area contributed by atoms with Crippen LogP contribution in [0.3, 0.4) is 0 Å². The van der Waals surface area contributed by atoms with Crippen molar-refractivity contribution in [3.05, 3.63) is 35.2 Å². The summed E-state index contributed by atoms with van der Waals surface area (Å²) in [7, 11) is 1.59. The molecule has 0 spiro atoms. The van der Waals surface area contributed by atoms with Gasteiger partial charge in [-0.3, -0.25) is 4.79 Å². The molecule has 0 bridgehead atoms. The second-order valence-corrected chi connectivity index (χ2v) is 5.34. The summed E-state index contributed by atoms with van der Waals surface area (Å²) in [6.45, 7) is 1.88. The Morgan fingerprint density at radius 2 is 2.20 bits per heavy atom. The van der Waals surface area contributed by atoms with E-state index in [1.807, 2.05) is 13.0 Å². The SMILES string of the molecule is COc1ccn2c(C(N)=O)c(C)c(C3CC(F)C3)c2c1. The Bertz CT molecular complexity index is 687. The van der Waals surface area contributed by atoms with Crippen molar-refractivity contribution in [2.75, 3.05) is 7.11 Å². The van der Waals surface area contributed by atoms with E-state index >= 15 is 0 Å². The Labute approximate surface area is 116 Å². The number of nitrogens with zero attached hydrogens (tertiary/aromatic N) is 1. The molecule has 3 rings (SSSR count). The lowest BCUT2D eigenvalue weighted by Crippen LogP contribution is -2.23. The quantitative estimate of drug-likeness (QED) is 0.936. The van der Waals surface area contributed by atoms with Gasteiger partial charge in [-0.15, -0.1) is 0 Å². The number of rotatable bonds is 3. The molecule has 1 fully saturated rings. The van der Waals surface area contributed by atoms with Gasteiger partial charge in [0.1, 0.15) is 17.6 Å². The molecule has 0 unspecified atom stereocenters. The van der Waals surface area contributed by atoms with Crippen LogP contribution in [0.15, 0.2) is 18.3 Å². The van der Waals surface area contributed by atoms with Crippen LogP contribution >= 0.6 is 0 Å². The zero-order valence-corrected chi connectivity index (χ0v) is 11.5. The van der Waals surface area contributed by atoms with Gasteiger partial charge in [0, 0.05) is 12.3 Å². The Hall–Kier alpha value is -2.04. The first-order chi connectivity index (χ1) is 9.52. The van der Waals surface area contributed by atoms with Gasteiger partial charge in [-0.05, 0) is 42.9 Å². The minimum Gasteiger partial charge on any atom is -0.497 e. The molecule has 1 saturated carbocycles. The van der Waals surface area contributed by atoms with Crippen LogP contribution in [0.5, 0.6) is 5.75 Å². The summed E-state index contributed by atoms with van der Waals surface area (Å²) < 4.78 is 20.2. The molecule has 0 aromatic carbocycles. The predicted molar refractivity (Wildman–Crippen MR) is 74.1 cm³/mol. The molecule has 0 aliphatic heterocycles. The molecule has 2 N–H and O–H groups in total. The van der Waals surface area contributed by atoms with Gasteiger partial charge in [0.25, 0.3) is 5.91 Å². The first-order valence-electron chi connectivity index (χ1n) is 6.65. The van der Waals surface area contributed by atoms with Crippen molar-refractivity contribution in [3.8, 4) is 5.75 Å². The van der Waals surface area contributed by atoms with Gasteiger partial charge >= 0.3 is 0 Å². The number of carbonyl (C=O) groups is 1. The number of ether oxygens (including phenoxy) is 1. The molecule has 0 saturated heterocycles. The highest BCUT2D eigenvalue weighted by atomic mass is 19.1. The number of aromatic nitrogens is 1. The summed E-state index contributed by atoms with van der Waals surface area (Å²) in [5, 5.41) is 0. The topological polar surface area (TPSA) is 56.7 Å². The number of hydrogen-bond donors (Lipinski definition) is 1. The van der Waals surface area contributed by atoms with Crippen LogP contribution in [-0.2, 0) is 0 Å². The van der Waals surface area contributed by atoms with E-state index in [0.717, 1.165) is 16.6 Å². The third kappa shape index (κ3) is 1.77. The summed E-state index contributed by atoms with van der Waals surface area (Å²) >= 11 is 0. The lowest BCUT2D eigenvalue weighted by Gasteiger charge is -2.30. The van der Waals surface area contributed by atoms with Crippen LogP contribution in [0.4, 0.5) is 4.39 Å². The van der Waals surface area contributed by atoms with Crippen LogP contribution in [0.25, 0.3) is 5.52 Å². The average molecular weight is 276 g/mol. The van der Waals surface area contributed by atoms with E-state index in [9.17, 15) is 9.18 Å². The smallest absolute Gasteiger partial charge is 0.265 e. The van der Waals surface area contributed by atoms with Crippen molar-refractivity contribution in [2.24, 2.45) is 5.73 Å². The van der Waals surface area contributed by atoms with Gasteiger partial charge in [0.2, 0.25) is 0 Å². The zero-order valence-electron chi connectivity index (χ0n) is 11.5. The number of hydrogen-bond acceptors (Lipinski definition) is 2. The molecule has 20 heavy (non-hydrogen) atoms. The fourth-order valence-electron chi connectivity index (χ4n) is 3.11. The number of amides is 1. The van der Waals surface area contributed by atoms with Crippen LogP contribution in [-0.4, -0.2) is 23.6 Å². The average Bonchev–Trinajstić information content (AvgIpc) is 2.66. The summed E-state index contributed by atoms with van der Waals surface area (Å²) in [4.78, 5) is 11.7. The standard InChI is InChI=1S/C15H17FN2O2/c1-8-13(9-5-10(16)6-9)12-7-11(20-2)3-4-18(12)14(8)15(17)19/h3-4,7,9-10H,5-6H2,1-2H3,(H2,17,19). The Morgan fingerprint density at radius 1 is 1.50 bits per heavy atom. The maximum absolute atomic E-state index is 13.2. The molecule has 1 amide bonds. The van der Waals surface area contributed by atoms with Crippen molar-refractivity contribution in [1.82, 2.24) is 4.40 Å². The first kappa shape index (κ1) is 13.0. The number of halogens is 1. The summed E-state index contributed by atoms with van der Waals surface area (Å²) in [5.41, 5.74) is 8.71. The minimum atomic E-state index is -0.739. The molecule has 4 nitrogen and oxygen atoms in total. The van der Waals surface area contributed by atoms with Gasteiger partial charge in [0.15, 0.2) is 0 Å². The van der Waals surface area contributed by atoms with Crippen LogP contribution < -0.4 is 10.5 Å². The van der Waals surface area contributed by atoms with Gasteiger partial charge in [0.05, 0.1) is 12.6 Å². The number of alkyl halides is 1. The van der Waals surface area contributed by atoms with Gasteiger partial charge in [-0.2, -0.15) is 0 Å². The lowest BCUT2D eigenvalue weighted by molar-refractivity contribution is 0.0994. The van der Waals surface area contributed by atoms with Gasteiger partial charge < -0.3 is 14.9 Å². The first-order valence-corrected chi connectivity index (χ1v) is 6.65. The van der Waals surface area contributed by atoms with E-state index in [1.165, 1.54) is 0 Å². The summed E-state index contributed by atoms with van der Waals surface area (Å²) in [5.74, 6) is 0.397. The number of pyridine rings is 1. The number of carbonyl (C=O) groups excluding carboxylic acids is 1. The Kier molecular flexibility index (Phi) is 2.92. The number of fused-ring (bicyclic) bond motifs is 1. The highest BCUT2D eigenvalue weighted by Gasteiger charge is 2.34. The Morgan fingerprint density at radius 3 is 2.75 bits per heavy atom. The van der Waals surface area contributed by atoms with E-state index in [-0.39, 0.29) is 5.92 Å². The van der Waals surface area contributed by atoms with Crippen LogP contribution in [0.2, 0.25) is 0 Å². The summed E-state index contributed by atoms with van der Waals surface area (Å²) in [6, 6.07) is 3.65. The van der Waals surface area contributed by atoms with E-state index in [2.05, 4.69) is 0 Å². The van der Waals surface area contributed by atoms with Crippen molar-refractivity contribution in [3.63, 3.8) is 0 Å². The highest BCUT2D eigenvalue weighted by Crippen LogP contribution is 2.44. The molecule has 0 atom stereocenters. The normalized spacial score (nSPS) is 21.8. The molecule has 2 aromatic heterocycles. The lowest BCUT2D eigenvalue weighted by atomic mass is 9.77. The fraction of sp³-hybridized carbons (Fsp3) is 0.400. The van der Waals surface area contributed by atoms with Crippen molar-refractivity contribution in [1.29, 1.82) is 0 Å². The van der Waals surface area contributed by atoms with Crippen molar-refractivity contribution in [2.45, 2.75) is 31.9 Å². The van der Waals surface area contributed by atoms with Crippen LogP contribution in [0, 0.1) is 6.92 Å². The van der Waals surface area contributed by atoms with Crippen molar-refractivity contribution >= 4 is 11.4 Å². The predicted octanol–water partition coefficient (Wildman–Crippen LogP) is 2.57. The Balaban J connectivity index is 2.25. The van der Waals surface area contributed by atoms with E-state index in [0.29, 0.717) is 24.3 Å². The zero-order chi connectivity index (χ0) is 14.4. The molecule has 106 valence electrons.